The Bertz CT molecular complexity index is 668. The molecule has 1 amide bonds. The van der Waals surface area contributed by atoms with Gasteiger partial charge in [-0.15, -0.1) is 24.2 Å². The summed E-state index contributed by atoms with van der Waals surface area (Å²) in [7, 11) is 0. The molecule has 0 spiro atoms. The third-order valence-electron chi connectivity index (χ3n) is 4.69. The van der Waals surface area contributed by atoms with Crippen LogP contribution in [0.25, 0.3) is 0 Å². The molecule has 1 fully saturated rings. The van der Waals surface area contributed by atoms with Crippen LogP contribution in [0.1, 0.15) is 18.4 Å². The summed E-state index contributed by atoms with van der Waals surface area (Å²) in [5, 5.41) is -0.0830. The molecule has 5 heteroatoms. The maximum Gasteiger partial charge on any atom is 0.235 e. The Kier molecular flexibility index (Phi) is 7.36. The maximum absolute atomic E-state index is 12.9. The molecule has 0 radical (unpaired) electrons. The molecule has 25 heavy (non-hydrogen) atoms. The summed E-state index contributed by atoms with van der Waals surface area (Å²) in [5.41, 5.74) is 7.26. The largest absolute Gasteiger partial charge is 0.341 e. The van der Waals surface area contributed by atoms with Gasteiger partial charge in [-0.25, -0.2) is 0 Å². The second-order valence-electron chi connectivity index (χ2n) is 6.33. The summed E-state index contributed by atoms with van der Waals surface area (Å²) in [6.07, 6.45) is 0. The number of thioether (sulfide) groups is 1. The molecule has 134 valence electrons. The van der Waals surface area contributed by atoms with E-state index in [1.165, 1.54) is 5.56 Å². The molecule has 1 aliphatic rings. The number of likely N-dealkylation sites (tertiary alicyclic amines) is 1. The zero-order valence-corrected chi connectivity index (χ0v) is 16.0. The van der Waals surface area contributed by atoms with Crippen LogP contribution in [0.5, 0.6) is 0 Å². The molecule has 1 saturated heterocycles. The molecular formula is C20H25ClN2OS. The average molecular weight is 377 g/mol. The lowest BCUT2D eigenvalue weighted by Crippen LogP contribution is -2.35. The number of nitrogens with zero attached hydrogens (tertiary/aromatic N) is 1. The van der Waals surface area contributed by atoms with E-state index in [0.29, 0.717) is 18.4 Å². The predicted octanol–water partition coefficient (Wildman–Crippen LogP) is 3.79. The molecule has 3 atom stereocenters. The number of carbonyl (C=O) groups is 1. The van der Waals surface area contributed by atoms with Crippen LogP contribution < -0.4 is 5.73 Å². The zero-order valence-electron chi connectivity index (χ0n) is 14.4. The van der Waals surface area contributed by atoms with Crippen molar-refractivity contribution in [1.82, 2.24) is 4.90 Å². The second kappa shape index (κ2) is 9.27. The van der Waals surface area contributed by atoms with Gasteiger partial charge in [0, 0.05) is 23.9 Å². The molecule has 1 unspecified atom stereocenters. The fourth-order valence-electron chi connectivity index (χ4n) is 3.38. The highest BCUT2D eigenvalue weighted by Crippen LogP contribution is 2.34. The molecule has 1 aliphatic heterocycles. The number of rotatable bonds is 5. The summed E-state index contributed by atoms with van der Waals surface area (Å²) >= 11 is 1.62. The van der Waals surface area contributed by atoms with Crippen molar-refractivity contribution in [3.63, 3.8) is 0 Å². The summed E-state index contributed by atoms with van der Waals surface area (Å²) < 4.78 is 0. The van der Waals surface area contributed by atoms with Crippen LogP contribution >= 0.6 is 24.2 Å². The number of nitrogens with two attached hydrogens (primary N) is 1. The first-order valence-electron chi connectivity index (χ1n) is 8.44. The van der Waals surface area contributed by atoms with Gasteiger partial charge in [0.2, 0.25) is 5.91 Å². The van der Waals surface area contributed by atoms with E-state index in [-0.39, 0.29) is 23.6 Å². The fraction of sp³-hybridized carbons (Fsp3) is 0.350. The molecule has 0 aliphatic carbocycles. The smallest absolute Gasteiger partial charge is 0.235 e. The van der Waals surface area contributed by atoms with E-state index >= 15 is 0 Å². The first-order valence-corrected chi connectivity index (χ1v) is 9.32. The number of amides is 1. The average Bonchev–Trinajstić information content (AvgIpc) is 3.07. The highest BCUT2D eigenvalue weighted by Gasteiger charge is 2.36. The van der Waals surface area contributed by atoms with Crippen LogP contribution in [0.15, 0.2) is 65.6 Å². The molecule has 2 N–H and O–H groups in total. The van der Waals surface area contributed by atoms with Gasteiger partial charge in [0.25, 0.3) is 0 Å². The van der Waals surface area contributed by atoms with Crippen molar-refractivity contribution in [3.05, 3.63) is 66.2 Å². The van der Waals surface area contributed by atoms with Crippen LogP contribution in [0, 0.1) is 5.92 Å². The molecule has 0 aromatic heterocycles. The van der Waals surface area contributed by atoms with Crippen LogP contribution in [-0.4, -0.2) is 35.7 Å². The van der Waals surface area contributed by atoms with Crippen molar-refractivity contribution in [2.75, 3.05) is 19.6 Å². The number of halogens is 1. The first kappa shape index (κ1) is 19.8. The Hall–Kier alpha value is -1.49. The van der Waals surface area contributed by atoms with Gasteiger partial charge >= 0.3 is 0 Å². The normalized spacial score (nSPS) is 20.8. The third-order valence-corrected chi connectivity index (χ3v) is 5.79. The Morgan fingerprint density at radius 2 is 1.72 bits per heavy atom. The number of hydrogen-bond acceptors (Lipinski definition) is 3. The predicted molar refractivity (Wildman–Crippen MR) is 107 cm³/mol. The standard InChI is InChI=1S/C20H24N2OS.ClH/c1-15(24-18-10-6-3-7-11-18)20(23)22-13-17(12-21)19(14-22)16-8-4-2-5-9-16;/h2-11,15,17,19H,12-14,21H2,1H3;1H/t15?,17-,19+;/m1./s1. The lowest BCUT2D eigenvalue weighted by atomic mass is 9.89. The minimum absolute atomic E-state index is 0. The number of hydrogen-bond donors (Lipinski definition) is 1. The quantitative estimate of drug-likeness (QED) is 0.807. The molecule has 0 saturated carbocycles. The van der Waals surface area contributed by atoms with Gasteiger partial charge in [-0.05, 0) is 37.1 Å². The van der Waals surface area contributed by atoms with Gasteiger partial charge in [0.05, 0.1) is 5.25 Å². The molecule has 2 aromatic rings. The lowest BCUT2D eigenvalue weighted by molar-refractivity contribution is -0.129. The van der Waals surface area contributed by atoms with E-state index in [0.717, 1.165) is 18.0 Å². The Labute approximate surface area is 160 Å². The maximum atomic E-state index is 12.9. The lowest BCUT2D eigenvalue weighted by Gasteiger charge is -2.21. The van der Waals surface area contributed by atoms with E-state index in [4.69, 9.17) is 5.73 Å². The highest BCUT2D eigenvalue weighted by atomic mass is 35.5. The van der Waals surface area contributed by atoms with Crippen molar-refractivity contribution in [2.45, 2.75) is 23.0 Å². The Morgan fingerprint density at radius 1 is 1.12 bits per heavy atom. The van der Waals surface area contributed by atoms with Crippen LogP contribution in [0.3, 0.4) is 0 Å². The van der Waals surface area contributed by atoms with Gasteiger partial charge in [0.1, 0.15) is 0 Å². The van der Waals surface area contributed by atoms with Gasteiger partial charge in [-0.1, -0.05) is 48.5 Å². The van der Waals surface area contributed by atoms with Crippen molar-refractivity contribution in [1.29, 1.82) is 0 Å². The molecule has 1 heterocycles. The van der Waals surface area contributed by atoms with E-state index in [1.807, 2.05) is 48.2 Å². The summed E-state index contributed by atoms with van der Waals surface area (Å²) in [6.45, 7) is 4.13. The van der Waals surface area contributed by atoms with Gasteiger partial charge in [0.15, 0.2) is 0 Å². The SMILES string of the molecule is CC(Sc1ccccc1)C(=O)N1C[C@@H](CN)[C@H](c2ccccc2)C1.Cl. The van der Waals surface area contributed by atoms with Gasteiger partial charge in [-0.3, -0.25) is 4.79 Å². The molecule has 3 rings (SSSR count). The summed E-state index contributed by atoms with van der Waals surface area (Å²) in [4.78, 5) is 16.0. The van der Waals surface area contributed by atoms with Gasteiger partial charge in [-0.2, -0.15) is 0 Å². The molecule has 2 aromatic carbocycles. The Balaban J connectivity index is 0.00000225. The van der Waals surface area contributed by atoms with Crippen molar-refractivity contribution in [2.24, 2.45) is 11.7 Å². The van der Waals surface area contributed by atoms with E-state index in [1.54, 1.807) is 11.8 Å². The fourth-order valence-corrected chi connectivity index (χ4v) is 4.35. The van der Waals surface area contributed by atoms with Gasteiger partial charge < -0.3 is 10.6 Å². The van der Waals surface area contributed by atoms with E-state index in [9.17, 15) is 4.79 Å². The van der Waals surface area contributed by atoms with Crippen molar-refractivity contribution >= 4 is 30.1 Å². The Morgan fingerprint density at radius 3 is 2.32 bits per heavy atom. The number of carbonyl (C=O) groups excluding carboxylic acids is 1. The third kappa shape index (κ3) is 4.78. The van der Waals surface area contributed by atoms with E-state index in [2.05, 4.69) is 24.3 Å². The highest BCUT2D eigenvalue weighted by molar-refractivity contribution is 8.00. The van der Waals surface area contributed by atoms with Crippen LogP contribution in [-0.2, 0) is 4.79 Å². The topological polar surface area (TPSA) is 46.3 Å². The second-order valence-corrected chi connectivity index (χ2v) is 7.74. The van der Waals surface area contributed by atoms with Crippen molar-refractivity contribution < 1.29 is 4.79 Å². The minimum Gasteiger partial charge on any atom is -0.341 e. The monoisotopic (exact) mass is 376 g/mol. The van der Waals surface area contributed by atoms with E-state index < -0.39 is 0 Å². The minimum atomic E-state index is -0.0830. The van der Waals surface area contributed by atoms with Crippen LogP contribution in [0.2, 0.25) is 0 Å². The van der Waals surface area contributed by atoms with Crippen LogP contribution in [0.4, 0.5) is 0 Å². The summed E-state index contributed by atoms with van der Waals surface area (Å²) in [6, 6.07) is 20.5. The molecular weight excluding hydrogens is 352 g/mol. The molecule has 3 nitrogen and oxygen atoms in total. The van der Waals surface area contributed by atoms with Crippen molar-refractivity contribution in [3.8, 4) is 0 Å². The molecule has 0 bridgehead atoms. The zero-order chi connectivity index (χ0) is 16.9. The summed E-state index contributed by atoms with van der Waals surface area (Å²) in [5.74, 6) is 0.889. The first-order chi connectivity index (χ1) is 11.7. The number of benzene rings is 2.